The minimum absolute atomic E-state index is 0.136. The molecule has 0 atom stereocenters. The summed E-state index contributed by atoms with van der Waals surface area (Å²) in [4.78, 5) is 16.0. The number of carbonyl (C=O) groups excluding carboxylic acids is 1. The third kappa shape index (κ3) is 2.94. The quantitative estimate of drug-likeness (QED) is 0.836. The van der Waals surface area contributed by atoms with Gasteiger partial charge >= 0.3 is 0 Å². The maximum absolute atomic E-state index is 12.0. The lowest BCUT2D eigenvalue weighted by molar-refractivity contribution is 0.0983. The van der Waals surface area contributed by atoms with E-state index in [2.05, 4.69) is 4.98 Å². The Morgan fingerprint density at radius 3 is 2.72 bits per heavy atom. The SMILES string of the molecule is Cc1cnc(N)c(CCC(=O)c2ccccc2)c1. The van der Waals surface area contributed by atoms with E-state index in [9.17, 15) is 4.79 Å². The number of carbonyl (C=O) groups is 1. The minimum atomic E-state index is 0.136. The Bertz CT molecular complexity index is 550. The van der Waals surface area contributed by atoms with Crippen molar-refractivity contribution >= 4 is 11.6 Å². The summed E-state index contributed by atoms with van der Waals surface area (Å²) in [5.41, 5.74) is 8.54. The highest BCUT2D eigenvalue weighted by molar-refractivity contribution is 5.96. The molecule has 3 heteroatoms. The number of aryl methyl sites for hydroxylation is 2. The van der Waals surface area contributed by atoms with Crippen molar-refractivity contribution in [2.24, 2.45) is 0 Å². The molecule has 0 bridgehead atoms. The van der Waals surface area contributed by atoms with Crippen LogP contribution in [0.2, 0.25) is 0 Å². The molecule has 18 heavy (non-hydrogen) atoms. The van der Waals surface area contributed by atoms with Crippen LogP contribution in [-0.4, -0.2) is 10.8 Å². The number of benzene rings is 1. The lowest BCUT2D eigenvalue weighted by Crippen LogP contribution is -2.04. The van der Waals surface area contributed by atoms with Crippen molar-refractivity contribution in [3.8, 4) is 0 Å². The van der Waals surface area contributed by atoms with Gasteiger partial charge < -0.3 is 5.73 Å². The van der Waals surface area contributed by atoms with Crippen molar-refractivity contribution in [3.63, 3.8) is 0 Å². The van der Waals surface area contributed by atoms with Crippen molar-refractivity contribution in [1.29, 1.82) is 0 Å². The Morgan fingerprint density at radius 2 is 2.00 bits per heavy atom. The Hall–Kier alpha value is -2.16. The topological polar surface area (TPSA) is 56.0 Å². The van der Waals surface area contributed by atoms with Crippen LogP contribution in [0.5, 0.6) is 0 Å². The van der Waals surface area contributed by atoms with Crippen molar-refractivity contribution in [3.05, 3.63) is 59.3 Å². The predicted molar refractivity (Wildman–Crippen MR) is 72.5 cm³/mol. The van der Waals surface area contributed by atoms with Gasteiger partial charge in [0, 0.05) is 18.2 Å². The number of pyridine rings is 1. The van der Waals surface area contributed by atoms with Crippen LogP contribution < -0.4 is 5.73 Å². The summed E-state index contributed by atoms with van der Waals surface area (Å²) in [6.45, 7) is 1.97. The predicted octanol–water partition coefficient (Wildman–Crippen LogP) is 2.79. The molecule has 0 aliphatic carbocycles. The summed E-state index contributed by atoms with van der Waals surface area (Å²) in [6.07, 6.45) is 2.82. The lowest BCUT2D eigenvalue weighted by Gasteiger charge is -2.05. The number of anilines is 1. The molecule has 0 aliphatic heterocycles. The van der Waals surface area contributed by atoms with Crippen LogP contribution in [0.4, 0.5) is 5.82 Å². The van der Waals surface area contributed by atoms with Gasteiger partial charge in [-0.15, -0.1) is 0 Å². The van der Waals surface area contributed by atoms with Crippen molar-refractivity contribution in [2.45, 2.75) is 19.8 Å². The second-order valence-electron chi connectivity index (χ2n) is 4.35. The van der Waals surface area contributed by atoms with E-state index in [4.69, 9.17) is 5.73 Å². The van der Waals surface area contributed by atoms with Crippen molar-refractivity contribution < 1.29 is 4.79 Å². The molecule has 0 radical (unpaired) electrons. The number of nitrogens with zero attached hydrogens (tertiary/aromatic N) is 1. The molecule has 2 rings (SSSR count). The molecule has 2 aromatic rings. The molecule has 0 aliphatic rings. The fourth-order valence-electron chi connectivity index (χ4n) is 1.86. The number of hydrogen-bond donors (Lipinski definition) is 1. The number of rotatable bonds is 4. The van der Waals surface area contributed by atoms with E-state index in [1.165, 1.54) is 0 Å². The maximum Gasteiger partial charge on any atom is 0.163 e. The standard InChI is InChI=1S/C15H16N2O/c1-11-9-13(15(16)17-10-11)7-8-14(18)12-5-3-2-4-6-12/h2-6,9-10H,7-8H2,1H3,(H2,16,17). The van der Waals surface area contributed by atoms with Crippen molar-refractivity contribution in [2.75, 3.05) is 5.73 Å². The van der Waals surface area contributed by atoms with Gasteiger partial charge in [-0.1, -0.05) is 36.4 Å². The summed E-state index contributed by atoms with van der Waals surface area (Å²) < 4.78 is 0. The van der Waals surface area contributed by atoms with E-state index in [1.54, 1.807) is 6.20 Å². The zero-order chi connectivity index (χ0) is 13.0. The van der Waals surface area contributed by atoms with E-state index >= 15 is 0 Å². The summed E-state index contributed by atoms with van der Waals surface area (Å²) in [7, 11) is 0. The molecule has 0 unspecified atom stereocenters. The number of nitrogens with two attached hydrogens (primary N) is 1. The van der Waals surface area contributed by atoms with Gasteiger partial charge in [-0.25, -0.2) is 4.98 Å². The summed E-state index contributed by atoms with van der Waals surface area (Å²) in [5.74, 6) is 0.651. The third-order valence-corrected chi connectivity index (χ3v) is 2.86. The number of ketones is 1. The minimum Gasteiger partial charge on any atom is -0.383 e. The van der Waals surface area contributed by atoms with Crippen LogP contribution in [0.15, 0.2) is 42.6 Å². The second kappa shape index (κ2) is 5.45. The number of aromatic nitrogens is 1. The molecular weight excluding hydrogens is 224 g/mol. The largest absolute Gasteiger partial charge is 0.383 e. The summed E-state index contributed by atoms with van der Waals surface area (Å²) >= 11 is 0. The molecule has 0 spiro atoms. The third-order valence-electron chi connectivity index (χ3n) is 2.86. The first kappa shape index (κ1) is 12.3. The van der Waals surface area contributed by atoms with Crippen LogP contribution >= 0.6 is 0 Å². The highest BCUT2D eigenvalue weighted by Gasteiger charge is 2.07. The Balaban J connectivity index is 2.04. The Kier molecular flexibility index (Phi) is 3.72. The first-order valence-electron chi connectivity index (χ1n) is 5.96. The maximum atomic E-state index is 12.0. The molecule has 1 aromatic carbocycles. The molecule has 1 heterocycles. The van der Waals surface area contributed by atoms with Gasteiger partial charge in [-0.3, -0.25) is 4.79 Å². The summed E-state index contributed by atoms with van der Waals surface area (Å²) in [5, 5.41) is 0. The molecule has 1 aromatic heterocycles. The van der Waals surface area contributed by atoms with Gasteiger partial charge in [0.15, 0.2) is 5.78 Å². The highest BCUT2D eigenvalue weighted by Crippen LogP contribution is 2.14. The molecule has 0 saturated heterocycles. The fourth-order valence-corrected chi connectivity index (χ4v) is 1.86. The van der Waals surface area contributed by atoms with E-state index in [0.29, 0.717) is 18.7 Å². The van der Waals surface area contributed by atoms with Gasteiger partial charge in [-0.05, 0) is 24.5 Å². The Labute approximate surface area is 107 Å². The zero-order valence-corrected chi connectivity index (χ0v) is 10.4. The van der Waals surface area contributed by atoms with Gasteiger partial charge in [0.05, 0.1) is 0 Å². The van der Waals surface area contributed by atoms with Crippen LogP contribution in [0.3, 0.4) is 0 Å². The lowest BCUT2D eigenvalue weighted by atomic mass is 10.0. The van der Waals surface area contributed by atoms with Crippen molar-refractivity contribution in [1.82, 2.24) is 4.98 Å². The monoisotopic (exact) mass is 240 g/mol. The van der Waals surface area contributed by atoms with Gasteiger partial charge in [-0.2, -0.15) is 0 Å². The second-order valence-corrected chi connectivity index (χ2v) is 4.35. The van der Waals surface area contributed by atoms with Crippen LogP contribution in [0.25, 0.3) is 0 Å². The first-order valence-corrected chi connectivity index (χ1v) is 5.96. The highest BCUT2D eigenvalue weighted by atomic mass is 16.1. The normalized spacial score (nSPS) is 10.3. The van der Waals surface area contributed by atoms with E-state index in [-0.39, 0.29) is 5.78 Å². The number of hydrogen-bond acceptors (Lipinski definition) is 3. The van der Waals surface area contributed by atoms with Crippen LogP contribution in [0, 0.1) is 6.92 Å². The zero-order valence-electron chi connectivity index (χ0n) is 10.4. The molecule has 0 fully saturated rings. The molecule has 0 saturated carbocycles. The van der Waals surface area contributed by atoms with E-state index < -0.39 is 0 Å². The van der Waals surface area contributed by atoms with Crippen LogP contribution in [0.1, 0.15) is 27.9 Å². The number of nitrogen functional groups attached to an aromatic ring is 1. The first-order chi connectivity index (χ1) is 8.66. The molecule has 2 N–H and O–H groups in total. The molecular formula is C15H16N2O. The van der Waals surface area contributed by atoms with Gasteiger partial charge in [0.1, 0.15) is 5.82 Å². The van der Waals surface area contributed by atoms with Crippen LogP contribution in [-0.2, 0) is 6.42 Å². The molecule has 3 nitrogen and oxygen atoms in total. The summed E-state index contributed by atoms with van der Waals surface area (Å²) in [6, 6.07) is 11.3. The smallest absolute Gasteiger partial charge is 0.163 e. The van der Waals surface area contributed by atoms with Gasteiger partial charge in [0.2, 0.25) is 0 Å². The average Bonchev–Trinajstić information content (AvgIpc) is 2.40. The van der Waals surface area contributed by atoms with E-state index in [1.807, 2.05) is 43.3 Å². The average molecular weight is 240 g/mol. The van der Waals surface area contributed by atoms with Gasteiger partial charge in [0.25, 0.3) is 0 Å². The Morgan fingerprint density at radius 1 is 1.28 bits per heavy atom. The van der Waals surface area contributed by atoms with E-state index in [0.717, 1.165) is 16.7 Å². The molecule has 0 amide bonds. The number of Topliss-reactive ketones (excluding diaryl/α,β-unsaturated/α-hetero) is 1. The molecule has 92 valence electrons. The fraction of sp³-hybridized carbons (Fsp3) is 0.200.